The number of benzene rings is 2. The molecular formula is C22H21N3O4S2. The summed E-state index contributed by atoms with van der Waals surface area (Å²) in [6, 6.07) is 13.4. The number of aliphatic imine (C=N–C) groups is 1. The van der Waals surface area contributed by atoms with Crippen molar-refractivity contribution in [3.05, 3.63) is 68.7 Å². The van der Waals surface area contributed by atoms with Crippen LogP contribution in [0.25, 0.3) is 0 Å². The lowest BCUT2D eigenvalue weighted by Crippen LogP contribution is -2.23. The highest BCUT2D eigenvalue weighted by Crippen LogP contribution is 2.48. The fraction of sp³-hybridized carbons (Fsp3) is 0.227. The zero-order chi connectivity index (χ0) is 22.1. The summed E-state index contributed by atoms with van der Waals surface area (Å²) in [5, 5.41) is 10.6. The zero-order valence-corrected chi connectivity index (χ0v) is 18.8. The van der Waals surface area contributed by atoms with Crippen molar-refractivity contribution in [2.24, 2.45) is 12.0 Å². The number of aromatic amines is 1. The highest BCUT2D eigenvalue weighted by atomic mass is 32.2. The summed E-state index contributed by atoms with van der Waals surface area (Å²) >= 11 is 6.75. The van der Waals surface area contributed by atoms with E-state index in [-0.39, 0.29) is 21.5 Å². The topological polar surface area (TPSA) is 88.8 Å². The summed E-state index contributed by atoms with van der Waals surface area (Å²) in [7, 11) is 4.82. The third-order valence-electron chi connectivity index (χ3n) is 5.14. The molecule has 1 unspecified atom stereocenters. The second-order valence-corrected chi connectivity index (χ2v) is 8.59. The van der Waals surface area contributed by atoms with E-state index in [1.54, 1.807) is 33.0 Å². The van der Waals surface area contributed by atoms with E-state index < -0.39 is 5.56 Å². The number of nitrogens with one attached hydrogen (secondary N) is 1. The van der Waals surface area contributed by atoms with Gasteiger partial charge in [0.15, 0.2) is 4.77 Å². The van der Waals surface area contributed by atoms with Gasteiger partial charge < -0.3 is 14.6 Å². The first-order valence-electron chi connectivity index (χ1n) is 9.50. The number of methoxy groups -OCH3 is 2. The molecule has 0 aliphatic carbocycles. The first-order chi connectivity index (χ1) is 14.9. The minimum atomic E-state index is -0.468. The van der Waals surface area contributed by atoms with Crippen LogP contribution in [0.5, 0.6) is 17.4 Å². The normalized spacial score (nSPS) is 15.6. The number of hydrogen-bond donors (Lipinski definition) is 2. The van der Waals surface area contributed by atoms with E-state index in [9.17, 15) is 9.90 Å². The molecule has 0 saturated carbocycles. The Balaban J connectivity index is 1.91. The highest BCUT2D eigenvalue weighted by molar-refractivity contribution is 7.99. The van der Waals surface area contributed by atoms with Crippen LogP contribution in [-0.4, -0.2) is 34.6 Å². The molecule has 0 fully saturated rings. The van der Waals surface area contributed by atoms with E-state index in [4.69, 9.17) is 26.7 Å². The van der Waals surface area contributed by atoms with Crippen LogP contribution in [0.15, 0.2) is 57.1 Å². The second-order valence-electron chi connectivity index (χ2n) is 6.96. The molecular weight excluding hydrogens is 434 g/mol. The maximum absolute atomic E-state index is 12.8. The molecule has 1 aliphatic heterocycles. The van der Waals surface area contributed by atoms with Crippen LogP contribution < -0.4 is 15.0 Å². The summed E-state index contributed by atoms with van der Waals surface area (Å²) < 4.78 is 12.5. The van der Waals surface area contributed by atoms with Crippen molar-refractivity contribution >= 4 is 35.4 Å². The third-order valence-corrected chi connectivity index (χ3v) is 6.82. The van der Waals surface area contributed by atoms with Crippen LogP contribution in [0.1, 0.15) is 22.8 Å². The molecule has 2 heterocycles. The van der Waals surface area contributed by atoms with E-state index in [0.717, 1.165) is 16.1 Å². The average molecular weight is 456 g/mol. The van der Waals surface area contributed by atoms with Gasteiger partial charge in [-0.2, -0.15) is 0 Å². The van der Waals surface area contributed by atoms with Crippen molar-refractivity contribution in [3.63, 3.8) is 0 Å². The largest absolute Gasteiger partial charge is 0.497 e. The lowest BCUT2D eigenvalue weighted by molar-refractivity contribution is 0.391. The van der Waals surface area contributed by atoms with E-state index in [1.165, 1.54) is 4.57 Å². The molecule has 0 saturated heterocycles. The van der Waals surface area contributed by atoms with Crippen molar-refractivity contribution in [1.29, 1.82) is 0 Å². The van der Waals surface area contributed by atoms with Gasteiger partial charge in [0.25, 0.3) is 5.56 Å². The van der Waals surface area contributed by atoms with Gasteiger partial charge >= 0.3 is 0 Å². The van der Waals surface area contributed by atoms with Crippen molar-refractivity contribution in [3.8, 4) is 17.4 Å². The molecule has 0 radical (unpaired) electrons. The number of nitrogens with zero attached hydrogens (tertiary/aromatic N) is 2. The Labute approximate surface area is 188 Å². The number of ether oxygens (including phenoxy) is 2. The number of H-pyrrole nitrogens is 1. The van der Waals surface area contributed by atoms with Gasteiger partial charge in [-0.15, -0.1) is 11.8 Å². The number of fused-ring (bicyclic) bond motifs is 1. The van der Waals surface area contributed by atoms with Crippen LogP contribution in [0.4, 0.5) is 5.69 Å². The van der Waals surface area contributed by atoms with E-state index >= 15 is 0 Å². The van der Waals surface area contributed by atoms with Gasteiger partial charge in [0, 0.05) is 35.2 Å². The number of rotatable bonds is 4. The van der Waals surface area contributed by atoms with Gasteiger partial charge in [-0.25, -0.2) is 0 Å². The molecule has 0 spiro atoms. The molecule has 9 heteroatoms. The van der Waals surface area contributed by atoms with E-state index in [0.29, 0.717) is 23.6 Å². The molecule has 31 heavy (non-hydrogen) atoms. The Kier molecular flexibility index (Phi) is 5.88. The summed E-state index contributed by atoms with van der Waals surface area (Å²) in [6.07, 6.45) is 0.398. The quantitative estimate of drug-likeness (QED) is 0.562. The van der Waals surface area contributed by atoms with Gasteiger partial charge in [0.2, 0.25) is 5.88 Å². The number of aromatic nitrogens is 2. The van der Waals surface area contributed by atoms with Crippen molar-refractivity contribution in [1.82, 2.24) is 9.55 Å². The van der Waals surface area contributed by atoms with Gasteiger partial charge in [-0.05, 0) is 30.4 Å². The highest BCUT2D eigenvalue weighted by Gasteiger charge is 2.28. The minimum absolute atomic E-state index is 0.115. The number of thioether (sulfide) groups is 1. The second kappa shape index (κ2) is 8.60. The Bertz CT molecular complexity index is 1300. The van der Waals surface area contributed by atoms with Crippen molar-refractivity contribution in [2.75, 3.05) is 14.2 Å². The fourth-order valence-corrected chi connectivity index (χ4v) is 4.94. The molecule has 2 aromatic carbocycles. The Hall–Kier alpha value is -3.04. The molecule has 1 aromatic heterocycles. The molecule has 160 valence electrons. The molecule has 0 amide bonds. The standard InChI is InChI=1S/C22H21N3O4S2/c1-25-21(27)19(20(26)24-22(25)30)15-11-18(31-17-7-5-4-6-14(17)23-15)13-9-8-12(28-2)10-16(13)29-3/h4-10,18,27H,11H2,1-3H3,(H,24,26,30). The van der Waals surface area contributed by atoms with Gasteiger partial charge in [-0.1, -0.05) is 18.2 Å². The fourth-order valence-electron chi connectivity index (χ4n) is 3.50. The smallest absolute Gasteiger partial charge is 0.264 e. The Morgan fingerprint density at radius 2 is 2.00 bits per heavy atom. The van der Waals surface area contributed by atoms with E-state index in [1.807, 2.05) is 42.5 Å². The summed E-state index contributed by atoms with van der Waals surface area (Å²) in [6.45, 7) is 0. The molecule has 1 aliphatic rings. The maximum Gasteiger partial charge on any atom is 0.264 e. The summed E-state index contributed by atoms with van der Waals surface area (Å²) in [5.74, 6) is 1.16. The number of aromatic hydroxyl groups is 1. The molecule has 3 aromatic rings. The molecule has 1 atom stereocenters. The zero-order valence-electron chi connectivity index (χ0n) is 17.2. The average Bonchev–Trinajstić information content (AvgIpc) is 2.96. The monoisotopic (exact) mass is 455 g/mol. The Morgan fingerprint density at radius 3 is 2.74 bits per heavy atom. The van der Waals surface area contributed by atoms with E-state index in [2.05, 4.69) is 4.98 Å². The lowest BCUT2D eigenvalue weighted by Gasteiger charge is -2.20. The van der Waals surface area contributed by atoms with Crippen LogP contribution in [-0.2, 0) is 7.05 Å². The molecule has 7 nitrogen and oxygen atoms in total. The molecule has 2 N–H and O–H groups in total. The van der Waals surface area contributed by atoms with Crippen LogP contribution in [0.2, 0.25) is 0 Å². The molecule has 0 bridgehead atoms. The lowest BCUT2D eigenvalue weighted by atomic mass is 10.0. The van der Waals surface area contributed by atoms with Gasteiger partial charge in [0.05, 0.1) is 25.6 Å². The Morgan fingerprint density at radius 1 is 1.23 bits per heavy atom. The van der Waals surface area contributed by atoms with Crippen LogP contribution in [0, 0.1) is 4.77 Å². The van der Waals surface area contributed by atoms with Gasteiger partial charge in [0.1, 0.15) is 17.1 Å². The van der Waals surface area contributed by atoms with Crippen LogP contribution in [0.3, 0.4) is 0 Å². The minimum Gasteiger partial charge on any atom is -0.497 e. The predicted molar refractivity (Wildman–Crippen MR) is 124 cm³/mol. The first kappa shape index (κ1) is 21.2. The number of para-hydroxylation sites is 1. The van der Waals surface area contributed by atoms with Crippen molar-refractivity contribution < 1.29 is 14.6 Å². The van der Waals surface area contributed by atoms with Gasteiger partial charge in [-0.3, -0.25) is 19.3 Å². The SMILES string of the molecule is COc1ccc(C2CC(c3c(O)n(C)c(=S)[nH]c3=O)=Nc3ccccc3S2)c(OC)c1. The third kappa shape index (κ3) is 3.98. The van der Waals surface area contributed by atoms with Crippen molar-refractivity contribution in [2.45, 2.75) is 16.6 Å². The summed E-state index contributed by atoms with van der Waals surface area (Å²) in [5.41, 5.74) is 1.80. The van der Waals surface area contributed by atoms with Crippen LogP contribution >= 0.6 is 24.0 Å². The first-order valence-corrected chi connectivity index (χ1v) is 10.8. The maximum atomic E-state index is 12.8. The predicted octanol–water partition coefficient (Wildman–Crippen LogP) is 4.52. The number of hydrogen-bond acceptors (Lipinski definition) is 7. The summed E-state index contributed by atoms with van der Waals surface area (Å²) in [4.78, 5) is 21.1. The molecule has 4 rings (SSSR count).